The van der Waals surface area contributed by atoms with Crippen LogP contribution in [0.4, 0.5) is 0 Å². The molecule has 1 aliphatic rings. The number of ether oxygens (including phenoxy) is 1. The predicted octanol–water partition coefficient (Wildman–Crippen LogP) is 3.34. The molecule has 1 saturated heterocycles. The average Bonchev–Trinajstić information content (AvgIpc) is 2.42. The van der Waals surface area contributed by atoms with Crippen molar-refractivity contribution in [3.05, 3.63) is 29.3 Å². The number of rotatable bonds is 5. The van der Waals surface area contributed by atoms with Gasteiger partial charge in [0.15, 0.2) is 0 Å². The smallest absolute Gasteiger partial charge is 0.138 e. The van der Waals surface area contributed by atoms with Crippen LogP contribution >= 0.6 is 11.6 Å². The molecule has 0 aromatic heterocycles. The first-order valence-corrected chi connectivity index (χ1v) is 7.77. The van der Waals surface area contributed by atoms with Gasteiger partial charge in [0.05, 0.1) is 5.02 Å². The van der Waals surface area contributed by atoms with Crippen molar-refractivity contribution in [1.82, 2.24) is 4.90 Å². The zero-order valence-corrected chi connectivity index (χ0v) is 13.0. The number of likely N-dealkylation sites (tertiary alicyclic amines) is 1. The summed E-state index contributed by atoms with van der Waals surface area (Å²) in [6.45, 7) is 5.40. The molecule has 1 aliphatic heterocycles. The highest BCUT2D eigenvalue weighted by molar-refractivity contribution is 6.32. The lowest BCUT2D eigenvalue weighted by Crippen LogP contribution is -2.48. The molecular formula is C16H24ClNO2. The SMILES string of the molecule is C[C@H]1CCC[C@H](C)N1C[C@H](O)COc1ccccc1Cl. The fourth-order valence-corrected chi connectivity index (χ4v) is 3.07. The van der Waals surface area contributed by atoms with Crippen molar-refractivity contribution in [2.75, 3.05) is 13.2 Å². The van der Waals surface area contributed by atoms with Gasteiger partial charge in [-0.3, -0.25) is 4.90 Å². The van der Waals surface area contributed by atoms with E-state index in [0.29, 0.717) is 29.4 Å². The van der Waals surface area contributed by atoms with Gasteiger partial charge in [-0.2, -0.15) is 0 Å². The largest absolute Gasteiger partial charge is 0.489 e. The van der Waals surface area contributed by atoms with Crippen LogP contribution < -0.4 is 4.74 Å². The Balaban J connectivity index is 1.83. The van der Waals surface area contributed by atoms with E-state index in [0.717, 1.165) is 0 Å². The van der Waals surface area contributed by atoms with Gasteiger partial charge in [-0.15, -0.1) is 0 Å². The summed E-state index contributed by atoms with van der Waals surface area (Å²) in [7, 11) is 0. The molecule has 3 nitrogen and oxygen atoms in total. The zero-order chi connectivity index (χ0) is 14.5. The lowest BCUT2D eigenvalue weighted by molar-refractivity contribution is 0.0209. The molecule has 2 rings (SSSR count). The van der Waals surface area contributed by atoms with Crippen LogP contribution in [0.1, 0.15) is 33.1 Å². The van der Waals surface area contributed by atoms with Gasteiger partial charge in [0.1, 0.15) is 18.5 Å². The molecule has 0 aliphatic carbocycles. The molecule has 4 heteroatoms. The molecule has 0 radical (unpaired) electrons. The highest BCUT2D eigenvalue weighted by Crippen LogP contribution is 2.24. The topological polar surface area (TPSA) is 32.7 Å². The third kappa shape index (κ3) is 4.11. The fourth-order valence-electron chi connectivity index (χ4n) is 2.88. The minimum atomic E-state index is -0.491. The number of halogens is 1. The van der Waals surface area contributed by atoms with Gasteiger partial charge in [-0.05, 0) is 38.8 Å². The number of hydrogen-bond acceptors (Lipinski definition) is 3. The van der Waals surface area contributed by atoms with E-state index < -0.39 is 6.10 Å². The van der Waals surface area contributed by atoms with Crippen LogP contribution in [-0.2, 0) is 0 Å². The first-order valence-electron chi connectivity index (χ1n) is 7.39. The number of β-amino-alcohol motifs (C(OH)–C–C–N with tert-alkyl or cyclic N) is 1. The van der Waals surface area contributed by atoms with Gasteiger partial charge < -0.3 is 9.84 Å². The lowest BCUT2D eigenvalue weighted by atomic mass is 9.97. The van der Waals surface area contributed by atoms with Crippen molar-refractivity contribution in [1.29, 1.82) is 0 Å². The van der Waals surface area contributed by atoms with Gasteiger partial charge >= 0.3 is 0 Å². The third-order valence-electron chi connectivity index (χ3n) is 4.07. The molecule has 3 atom stereocenters. The van der Waals surface area contributed by atoms with Gasteiger partial charge in [-0.25, -0.2) is 0 Å². The van der Waals surface area contributed by atoms with E-state index in [1.54, 1.807) is 6.07 Å². The lowest BCUT2D eigenvalue weighted by Gasteiger charge is -2.40. The molecule has 1 heterocycles. The van der Waals surface area contributed by atoms with Crippen LogP contribution in [0.2, 0.25) is 5.02 Å². The quantitative estimate of drug-likeness (QED) is 0.905. The van der Waals surface area contributed by atoms with Crippen molar-refractivity contribution in [3.63, 3.8) is 0 Å². The number of piperidine rings is 1. The molecule has 0 bridgehead atoms. The summed E-state index contributed by atoms with van der Waals surface area (Å²) in [6.07, 6.45) is 3.21. The number of benzene rings is 1. The van der Waals surface area contributed by atoms with E-state index in [2.05, 4.69) is 18.7 Å². The second-order valence-corrected chi connectivity index (χ2v) is 6.13. The molecule has 20 heavy (non-hydrogen) atoms. The molecule has 1 N–H and O–H groups in total. The summed E-state index contributed by atoms with van der Waals surface area (Å²) in [4.78, 5) is 2.38. The van der Waals surface area contributed by atoms with Crippen LogP contribution in [-0.4, -0.2) is 41.3 Å². The van der Waals surface area contributed by atoms with Gasteiger partial charge in [0.25, 0.3) is 0 Å². The standard InChI is InChI=1S/C16H24ClNO2/c1-12-6-5-7-13(2)18(12)10-14(19)11-20-16-9-4-3-8-15(16)17/h3-4,8-9,12-14,19H,5-7,10-11H2,1-2H3/t12-,13-,14-/m0/s1. The summed E-state index contributed by atoms with van der Waals surface area (Å²) in [5.74, 6) is 0.632. The summed E-state index contributed by atoms with van der Waals surface area (Å²) in [5, 5.41) is 10.8. The van der Waals surface area contributed by atoms with Crippen molar-refractivity contribution in [3.8, 4) is 5.75 Å². The molecule has 0 spiro atoms. The van der Waals surface area contributed by atoms with E-state index in [4.69, 9.17) is 16.3 Å². The monoisotopic (exact) mass is 297 g/mol. The van der Waals surface area contributed by atoms with Crippen LogP contribution in [0.25, 0.3) is 0 Å². The van der Waals surface area contributed by atoms with Crippen LogP contribution in [0.5, 0.6) is 5.75 Å². The maximum Gasteiger partial charge on any atom is 0.138 e. The third-order valence-corrected chi connectivity index (χ3v) is 4.38. The molecule has 0 unspecified atom stereocenters. The maximum absolute atomic E-state index is 10.2. The number of hydrogen-bond donors (Lipinski definition) is 1. The summed E-state index contributed by atoms with van der Waals surface area (Å²) in [5.41, 5.74) is 0. The number of aliphatic hydroxyl groups excluding tert-OH is 1. The minimum absolute atomic E-state index is 0.277. The molecule has 0 saturated carbocycles. The first-order chi connectivity index (χ1) is 9.58. The molecule has 1 aromatic rings. The summed E-state index contributed by atoms with van der Waals surface area (Å²) in [6, 6.07) is 8.42. The molecule has 1 aromatic carbocycles. The minimum Gasteiger partial charge on any atom is -0.489 e. The van der Waals surface area contributed by atoms with E-state index in [-0.39, 0.29) is 6.61 Å². The normalized spacial score (nSPS) is 25.4. The van der Waals surface area contributed by atoms with Crippen molar-refractivity contribution < 1.29 is 9.84 Å². The van der Waals surface area contributed by atoms with Crippen molar-refractivity contribution >= 4 is 11.6 Å². The van der Waals surface area contributed by atoms with Gasteiger partial charge in [0.2, 0.25) is 0 Å². The number of para-hydroxylation sites is 1. The number of nitrogens with zero attached hydrogens (tertiary/aromatic N) is 1. The van der Waals surface area contributed by atoms with Crippen molar-refractivity contribution in [2.45, 2.75) is 51.3 Å². The average molecular weight is 298 g/mol. The Morgan fingerprint density at radius 1 is 1.30 bits per heavy atom. The molecule has 0 amide bonds. The number of aliphatic hydroxyl groups is 1. The van der Waals surface area contributed by atoms with E-state index in [9.17, 15) is 5.11 Å². The summed E-state index contributed by atoms with van der Waals surface area (Å²) >= 11 is 6.03. The highest BCUT2D eigenvalue weighted by Gasteiger charge is 2.26. The van der Waals surface area contributed by atoms with Crippen molar-refractivity contribution in [2.24, 2.45) is 0 Å². The van der Waals surface area contributed by atoms with Crippen LogP contribution in [0.15, 0.2) is 24.3 Å². The van der Waals surface area contributed by atoms with E-state index in [1.165, 1.54) is 19.3 Å². The Morgan fingerprint density at radius 3 is 2.60 bits per heavy atom. The second kappa shape index (κ2) is 7.30. The van der Waals surface area contributed by atoms with Gasteiger partial charge in [-0.1, -0.05) is 30.2 Å². The van der Waals surface area contributed by atoms with Crippen LogP contribution in [0, 0.1) is 0 Å². The summed E-state index contributed by atoms with van der Waals surface area (Å²) < 4.78 is 5.60. The Hall–Kier alpha value is -0.770. The van der Waals surface area contributed by atoms with Crippen LogP contribution in [0.3, 0.4) is 0 Å². The van der Waals surface area contributed by atoms with Gasteiger partial charge in [0, 0.05) is 18.6 Å². The van der Waals surface area contributed by atoms with E-state index in [1.807, 2.05) is 18.2 Å². The molecule has 112 valence electrons. The second-order valence-electron chi connectivity index (χ2n) is 5.72. The first kappa shape index (κ1) is 15.6. The fraction of sp³-hybridized carbons (Fsp3) is 0.625. The Bertz CT molecular complexity index is 417. The van der Waals surface area contributed by atoms with E-state index >= 15 is 0 Å². The highest BCUT2D eigenvalue weighted by atomic mass is 35.5. The molecular weight excluding hydrogens is 274 g/mol. The molecule has 1 fully saturated rings. The predicted molar refractivity (Wildman–Crippen MR) is 82.4 cm³/mol. The Labute approximate surface area is 126 Å². The Kier molecular flexibility index (Phi) is 5.70. The Morgan fingerprint density at radius 2 is 1.95 bits per heavy atom. The maximum atomic E-state index is 10.2. The zero-order valence-electron chi connectivity index (χ0n) is 12.3.